The average Bonchev–Trinajstić information content (AvgIpc) is 2.97. The molecule has 1 aromatic rings. The number of carbonyl (C=O) groups is 1. The summed E-state index contributed by atoms with van der Waals surface area (Å²) in [6.07, 6.45) is -2.85. The standard InChI is InChI=1S/C16H22F3N3O/c1-21(2)14-8-10-22(11-14)15(23)20-9-7-12-3-5-13(6-4-12)16(17,18)19/h3-6,14H,7-11H2,1-2H3,(H,20,23)/t14-/m1/s1. The van der Waals surface area contributed by atoms with E-state index in [9.17, 15) is 18.0 Å². The summed E-state index contributed by atoms with van der Waals surface area (Å²) in [5, 5.41) is 2.82. The van der Waals surface area contributed by atoms with Gasteiger partial charge in [-0.05, 0) is 44.6 Å². The van der Waals surface area contributed by atoms with Crippen LogP contribution in [-0.4, -0.2) is 55.6 Å². The molecule has 1 aliphatic heterocycles. The lowest BCUT2D eigenvalue weighted by Crippen LogP contribution is -2.41. The molecule has 2 amide bonds. The van der Waals surface area contributed by atoms with E-state index in [-0.39, 0.29) is 6.03 Å². The molecule has 0 saturated carbocycles. The predicted molar refractivity (Wildman–Crippen MR) is 82.2 cm³/mol. The van der Waals surface area contributed by atoms with Crippen molar-refractivity contribution in [1.29, 1.82) is 0 Å². The van der Waals surface area contributed by atoms with Gasteiger partial charge in [-0.3, -0.25) is 0 Å². The van der Waals surface area contributed by atoms with Gasteiger partial charge in [0.2, 0.25) is 0 Å². The summed E-state index contributed by atoms with van der Waals surface area (Å²) >= 11 is 0. The highest BCUT2D eigenvalue weighted by atomic mass is 19.4. The predicted octanol–water partition coefficient (Wildman–Crippen LogP) is 2.59. The van der Waals surface area contributed by atoms with Crippen LogP contribution < -0.4 is 5.32 Å². The first-order chi connectivity index (χ1) is 10.8. The molecule has 0 spiro atoms. The van der Waals surface area contributed by atoms with Gasteiger partial charge in [-0.25, -0.2) is 4.79 Å². The zero-order chi connectivity index (χ0) is 17.0. The first-order valence-electron chi connectivity index (χ1n) is 7.62. The molecule has 1 aromatic carbocycles. The van der Waals surface area contributed by atoms with Gasteiger partial charge in [0.1, 0.15) is 0 Å². The smallest absolute Gasteiger partial charge is 0.338 e. The number of likely N-dealkylation sites (tertiary alicyclic amines) is 1. The van der Waals surface area contributed by atoms with Crippen LogP contribution in [0, 0.1) is 0 Å². The van der Waals surface area contributed by atoms with E-state index in [2.05, 4.69) is 10.2 Å². The Morgan fingerprint density at radius 1 is 1.30 bits per heavy atom. The fourth-order valence-corrected chi connectivity index (χ4v) is 2.63. The first-order valence-corrected chi connectivity index (χ1v) is 7.62. The monoisotopic (exact) mass is 329 g/mol. The number of nitrogens with one attached hydrogen (secondary N) is 1. The maximum Gasteiger partial charge on any atom is 0.416 e. The second-order valence-electron chi connectivity index (χ2n) is 6.03. The Kier molecular flexibility index (Phi) is 5.51. The van der Waals surface area contributed by atoms with Crippen molar-refractivity contribution in [3.8, 4) is 0 Å². The Morgan fingerprint density at radius 2 is 1.96 bits per heavy atom. The highest BCUT2D eigenvalue weighted by Gasteiger charge is 2.30. The van der Waals surface area contributed by atoms with Crippen LogP contribution in [0.25, 0.3) is 0 Å². The number of halogens is 3. The molecule has 1 aliphatic rings. The van der Waals surface area contributed by atoms with Crippen molar-refractivity contribution in [3.63, 3.8) is 0 Å². The van der Waals surface area contributed by atoms with Gasteiger partial charge in [-0.2, -0.15) is 13.2 Å². The van der Waals surface area contributed by atoms with E-state index >= 15 is 0 Å². The number of rotatable bonds is 4. The van der Waals surface area contributed by atoms with E-state index in [4.69, 9.17) is 0 Å². The van der Waals surface area contributed by atoms with Crippen LogP contribution in [0.15, 0.2) is 24.3 Å². The minimum atomic E-state index is -4.31. The van der Waals surface area contributed by atoms with Crippen molar-refractivity contribution in [2.45, 2.75) is 25.1 Å². The van der Waals surface area contributed by atoms with Gasteiger partial charge in [-0.1, -0.05) is 12.1 Å². The van der Waals surface area contributed by atoms with E-state index in [1.807, 2.05) is 14.1 Å². The Hall–Kier alpha value is -1.76. The van der Waals surface area contributed by atoms with Crippen molar-refractivity contribution >= 4 is 6.03 Å². The fraction of sp³-hybridized carbons (Fsp3) is 0.562. The highest BCUT2D eigenvalue weighted by Crippen LogP contribution is 2.29. The lowest BCUT2D eigenvalue weighted by atomic mass is 10.1. The molecule has 0 radical (unpaired) electrons. The SMILES string of the molecule is CN(C)[C@@H]1CCN(C(=O)NCCc2ccc(C(F)(F)F)cc2)C1. The number of hydrogen-bond acceptors (Lipinski definition) is 2. The quantitative estimate of drug-likeness (QED) is 0.922. The van der Waals surface area contributed by atoms with Crippen LogP contribution in [0.1, 0.15) is 17.5 Å². The molecule has 0 aliphatic carbocycles. The van der Waals surface area contributed by atoms with Gasteiger partial charge >= 0.3 is 12.2 Å². The Morgan fingerprint density at radius 3 is 2.48 bits per heavy atom. The number of likely N-dealkylation sites (N-methyl/N-ethyl adjacent to an activating group) is 1. The van der Waals surface area contributed by atoms with E-state index < -0.39 is 11.7 Å². The Balaban J connectivity index is 1.76. The molecule has 128 valence electrons. The van der Waals surface area contributed by atoms with Gasteiger partial charge in [0.15, 0.2) is 0 Å². The summed E-state index contributed by atoms with van der Waals surface area (Å²) in [7, 11) is 3.99. The normalized spacial score (nSPS) is 18.5. The molecule has 2 rings (SSSR count). The molecule has 0 aromatic heterocycles. The van der Waals surface area contributed by atoms with Crippen LogP contribution in [0.5, 0.6) is 0 Å². The van der Waals surface area contributed by atoms with E-state index in [0.29, 0.717) is 25.6 Å². The van der Waals surface area contributed by atoms with Crippen LogP contribution in [0.2, 0.25) is 0 Å². The lowest BCUT2D eigenvalue weighted by molar-refractivity contribution is -0.137. The first kappa shape index (κ1) is 17.6. The minimum Gasteiger partial charge on any atom is -0.338 e. The summed E-state index contributed by atoms with van der Waals surface area (Å²) in [5.41, 5.74) is 0.114. The molecular formula is C16H22F3N3O. The molecule has 1 atom stereocenters. The van der Waals surface area contributed by atoms with E-state index in [1.165, 1.54) is 12.1 Å². The number of urea groups is 1. The molecule has 23 heavy (non-hydrogen) atoms. The van der Waals surface area contributed by atoms with Crippen molar-refractivity contribution < 1.29 is 18.0 Å². The number of hydrogen-bond donors (Lipinski definition) is 1. The van der Waals surface area contributed by atoms with Crippen molar-refractivity contribution in [1.82, 2.24) is 15.1 Å². The Labute approximate surface area is 134 Å². The highest BCUT2D eigenvalue weighted by molar-refractivity contribution is 5.74. The number of amides is 2. The summed E-state index contributed by atoms with van der Waals surface area (Å²) in [4.78, 5) is 15.9. The van der Waals surface area contributed by atoms with Crippen molar-refractivity contribution in [2.75, 3.05) is 33.7 Å². The lowest BCUT2D eigenvalue weighted by Gasteiger charge is -2.20. The zero-order valence-corrected chi connectivity index (χ0v) is 13.4. The van der Waals surface area contributed by atoms with Gasteiger partial charge < -0.3 is 15.1 Å². The van der Waals surface area contributed by atoms with E-state index in [1.54, 1.807) is 4.90 Å². The maximum absolute atomic E-state index is 12.5. The van der Waals surface area contributed by atoms with Crippen LogP contribution >= 0.6 is 0 Å². The second-order valence-corrected chi connectivity index (χ2v) is 6.03. The summed E-state index contributed by atoms with van der Waals surface area (Å²) in [6, 6.07) is 5.32. The number of alkyl halides is 3. The second kappa shape index (κ2) is 7.21. The fourth-order valence-electron chi connectivity index (χ4n) is 2.63. The number of carbonyl (C=O) groups excluding carboxylic acids is 1. The molecular weight excluding hydrogens is 307 g/mol. The molecule has 0 bridgehead atoms. The molecule has 1 fully saturated rings. The third-order valence-electron chi connectivity index (χ3n) is 4.15. The van der Waals surface area contributed by atoms with Crippen molar-refractivity contribution in [3.05, 3.63) is 35.4 Å². The zero-order valence-electron chi connectivity index (χ0n) is 13.4. The molecule has 0 unspecified atom stereocenters. The maximum atomic E-state index is 12.5. The number of benzene rings is 1. The molecule has 4 nitrogen and oxygen atoms in total. The van der Waals surface area contributed by atoms with Crippen molar-refractivity contribution in [2.24, 2.45) is 0 Å². The van der Waals surface area contributed by atoms with Crippen LogP contribution in [-0.2, 0) is 12.6 Å². The third kappa shape index (κ3) is 4.86. The molecule has 1 heterocycles. The minimum absolute atomic E-state index is 0.110. The van der Waals surface area contributed by atoms with Gasteiger partial charge in [0, 0.05) is 25.7 Å². The number of nitrogens with zero attached hydrogens (tertiary/aromatic N) is 2. The van der Waals surface area contributed by atoms with Crippen LogP contribution in [0.3, 0.4) is 0 Å². The summed E-state index contributed by atoms with van der Waals surface area (Å²) < 4.78 is 37.4. The third-order valence-corrected chi connectivity index (χ3v) is 4.15. The summed E-state index contributed by atoms with van der Waals surface area (Å²) in [6.45, 7) is 1.85. The molecule has 1 saturated heterocycles. The van der Waals surface area contributed by atoms with E-state index in [0.717, 1.165) is 30.7 Å². The topological polar surface area (TPSA) is 35.6 Å². The Bertz CT molecular complexity index is 528. The van der Waals surface area contributed by atoms with Gasteiger partial charge in [0.25, 0.3) is 0 Å². The molecule has 1 N–H and O–H groups in total. The largest absolute Gasteiger partial charge is 0.416 e. The molecule has 7 heteroatoms. The van der Waals surface area contributed by atoms with Gasteiger partial charge in [-0.15, -0.1) is 0 Å². The van der Waals surface area contributed by atoms with Crippen LogP contribution in [0.4, 0.5) is 18.0 Å². The van der Waals surface area contributed by atoms with Gasteiger partial charge in [0.05, 0.1) is 5.56 Å². The average molecular weight is 329 g/mol. The summed E-state index contributed by atoms with van der Waals surface area (Å²) in [5.74, 6) is 0.